The van der Waals surface area contributed by atoms with Crippen LogP contribution in [0.1, 0.15) is 51.0 Å². The molecule has 1 aromatic carbocycles. The molecular weight excluding hydrogens is 278 g/mol. The van der Waals surface area contributed by atoms with Crippen molar-refractivity contribution < 1.29 is 9.59 Å². The molecule has 1 aliphatic carbocycles. The number of urea groups is 1. The molecule has 0 bridgehead atoms. The molecular formula is C17H25N3O2. The van der Waals surface area contributed by atoms with E-state index in [-0.39, 0.29) is 11.9 Å². The Morgan fingerprint density at radius 3 is 2.55 bits per heavy atom. The zero-order chi connectivity index (χ0) is 15.8. The van der Waals surface area contributed by atoms with Gasteiger partial charge in [-0.2, -0.15) is 0 Å². The average molecular weight is 303 g/mol. The van der Waals surface area contributed by atoms with Crippen molar-refractivity contribution in [1.82, 2.24) is 10.6 Å². The molecule has 0 unspecified atom stereocenters. The predicted octanol–water partition coefficient (Wildman–Crippen LogP) is 3.17. The van der Waals surface area contributed by atoms with Gasteiger partial charge in [0.1, 0.15) is 0 Å². The van der Waals surface area contributed by atoms with Crippen LogP contribution in [0, 0.1) is 0 Å². The van der Waals surface area contributed by atoms with Crippen molar-refractivity contribution in [2.75, 3.05) is 5.32 Å². The van der Waals surface area contributed by atoms with Crippen LogP contribution < -0.4 is 16.0 Å². The molecule has 2 rings (SSSR count). The first-order valence-electron chi connectivity index (χ1n) is 8.04. The third kappa shape index (κ3) is 5.76. The van der Waals surface area contributed by atoms with E-state index in [0.717, 1.165) is 24.1 Å². The summed E-state index contributed by atoms with van der Waals surface area (Å²) >= 11 is 0. The maximum Gasteiger partial charge on any atom is 0.315 e. The minimum atomic E-state index is -0.114. The summed E-state index contributed by atoms with van der Waals surface area (Å²) in [6, 6.07) is 7.68. The van der Waals surface area contributed by atoms with E-state index in [9.17, 15) is 9.59 Å². The van der Waals surface area contributed by atoms with Gasteiger partial charge in [0.25, 0.3) is 0 Å². The molecule has 120 valence electrons. The van der Waals surface area contributed by atoms with Crippen molar-refractivity contribution in [2.24, 2.45) is 0 Å². The smallest absolute Gasteiger partial charge is 0.315 e. The second-order valence-corrected chi connectivity index (χ2v) is 5.90. The maximum atomic E-state index is 12.0. The molecule has 3 amide bonds. The molecule has 0 spiro atoms. The number of nitrogens with one attached hydrogen (secondary N) is 3. The molecule has 5 nitrogen and oxygen atoms in total. The number of hydrogen-bond donors (Lipinski definition) is 3. The number of hydrogen-bond acceptors (Lipinski definition) is 2. The fraction of sp³-hybridized carbons (Fsp3) is 0.529. The van der Waals surface area contributed by atoms with E-state index in [1.54, 1.807) is 0 Å². The third-order valence-corrected chi connectivity index (χ3v) is 3.89. The molecule has 1 aliphatic rings. The quantitative estimate of drug-likeness (QED) is 0.748. The molecule has 0 aromatic heterocycles. The highest BCUT2D eigenvalue weighted by molar-refractivity contribution is 5.88. The van der Waals surface area contributed by atoms with Crippen LogP contribution in [0.25, 0.3) is 0 Å². The summed E-state index contributed by atoms with van der Waals surface area (Å²) in [6.45, 7) is 1.93. The lowest BCUT2D eigenvalue weighted by atomic mass is 10.1. The van der Waals surface area contributed by atoms with Gasteiger partial charge >= 0.3 is 6.03 Å². The van der Waals surface area contributed by atoms with Gasteiger partial charge in [-0.3, -0.25) is 4.79 Å². The number of amides is 3. The van der Waals surface area contributed by atoms with Crippen LogP contribution in [0.3, 0.4) is 0 Å². The zero-order valence-corrected chi connectivity index (χ0v) is 13.2. The van der Waals surface area contributed by atoms with E-state index in [0.29, 0.717) is 12.6 Å². The normalized spacial score (nSPS) is 15.7. The first-order valence-corrected chi connectivity index (χ1v) is 8.04. The first-order chi connectivity index (χ1) is 10.6. The van der Waals surface area contributed by atoms with Crippen molar-refractivity contribution in [1.29, 1.82) is 0 Å². The summed E-state index contributed by atoms with van der Waals surface area (Å²) in [5, 5.41) is 8.68. The van der Waals surface area contributed by atoms with Crippen LogP contribution in [0.5, 0.6) is 0 Å². The largest absolute Gasteiger partial charge is 0.335 e. The minimum absolute atomic E-state index is 0.101. The Morgan fingerprint density at radius 1 is 1.14 bits per heavy atom. The van der Waals surface area contributed by atoms with Crippen LogP contribution in [0.15, 0.2) is 24.3 Å². The molecule has 0 aliphatic heterocycles. The van der Waals surface area contributed by atoms with Gasteiger partial charge < -0.3 is 16.0 Å². The molecule has 0 atom stereocenters. The number of carbonyl (C=O) groups is 2. The molecule has 5 heteroatoms. The summed E-state index contributed by atoms with van der Waals surface area (Å²) in [4.78, 5) is 23.0. The highest BCUT2D eigenvalue weighted by Crippen LogP contribution is 2.17. The van der Waals surface area contributed by atoms with Crippen molar-refractivity contribution in [2.45, 2.75) is 58.0 Å². The van der Waals surface area contributed by atoms with Crippen molar-refractivity contribution in [3.8, 4) is 0 Å². The van der Waals surface area contributed by atoms with Gasteiger partial charge in [-0.15, -0.1) is 0 Å². The van der Waals surface area contributed by atoms with Gasteiger partial charge in [0.15, 0.2) is 0 Å². The molecule has 1 fully saturated rings. The topological polar surface area (TPSA) is 70.2 Å². The Bertz CT molecular complexity index is 508. The fourth-order valence-corrected chi connectivity index (χ4v) is 2.80. The van der Waals surface area contributed by atoms with Crippen molar-refractivity contribution >= 4 is 17.6 Å². The lowest BCUT2D eigenvalue weighted by Crippen LogP contribution is -2.41. The van der Waals surface area contributed by atoms with Crippen molar-refractivity contribution in [3.63, 3.8) is 0 Å². The third-order valence-electron chi connectivity index (χ3n) is 3.89. The van der Waals surface area contributed by atoms with E-state index in [1.165, 1.54) is 32.6 Å². The standard InChI is InChI=1S/C17H25N3O2/c1-13(21)19-16-10-6-7-14(11-16)12-18-17(22)20-15-8-4-2-3-5-9-15/h6-7,10-11,15H,2-5,8-9,12H2,1H3,(H,19,21)(H2,18,20,22). The second-order valence-electron chi connectivity index (χ2n) is 5.90. The van der Waals surface area contributed by atoms with E-state index in [4.69, 9.17) is 0 Å². The molecule has 1 aromatic rings. The van der Waals surface area contributed by atoms with Gasteiger partial charge in [0.2, 0.25) is 5.91 Å². The van der Waals surface area contributed by atoms with E-state index < -0.39 is 0 Å². The number of anilines is 1. The van der Waals surface area contributed by atoms with E-state index >= 15 is 0 Å². The highest BCUT2D eigenvalue weighted by Gasteiger charge is 2.14. The Labute approximate surface area is 131 Å². The van der Waals surface area contributed by atoms with Gasteiger partial charge in [0.05, 0.1) is 0 Å². The Morgan fingerprint density at radius 2 is 1.86 bits per heavy atom. The lowest BCUT2D eigenvalue weighted by molar-refractivity contribution is -0.114. The lowest BCUT2D eigenvalue weighted by Gasteiger charge is -2.17. The Hall–Kier alpha value is -2.04. The van der Waals surface area contributed by atoms with Gasteiger partial charge in [-0.05, 0) is 30.5 Å². The molecule has 22 heavy (non-hydrogen) atoms. The Kier molecular flexibility index (Phi) is 6.25. The highest BCUT2D eigenvalue weighted by atomic mass is 16.2. The second kappa shape index (κ2) is 8.41. The predicted molar refractivity (Wildman–Crippen MR) is 87.6 cm³/mol. The van der Waals surface area contributed by atoms with Crippen LogP contribution in [-0.4, -0.2) is 18.0 Å². The van der Waals surface area contributed by atoms with E-state index in [2.05, 4.69) is 16.0 Å². The Balaban J connectivity index is 1.79. The molecule has 3 N–H and O–H groups in total. The van der Waals surface area contributed by atoms with Crippen molar-refractivity contribution in [3.05, 3.63) is 29.8 Å². The summed E-state index contributed by atoms with van der Waals surface area (Å²) in [5.74, 6) is -0.101. The number of rotatable bonds is 4. The summed E-state index contributed by atoms with van der Waals surface area (Å²) in [6.07, 6.45) is 7.09. The van der Waals surface area contributed by atoms with Gasteiger partial charge in [0, 0.05) is 25.2 Å². The molecule has 0 heterocycles. The zero-order valence-electron chi connectivity index (χ0n) is 13.2. The monoisotopic (exact) mass is 303 g/mol. The van der Waals surface area contributed by atoms with Crippen LogP contribution in [0.2, 0.25) is 0 Å². The van der Waals surface area contributed by atoms with E-state index in [1.807, 2.05) is 24.3 Å². The first kappa shape index (κ1) is 16.3. The SMILES string of the molecule is CC(=O)Nc1cccc(CNC(=O)NC2CCCCCC2)c1. The fourth-order valence-electron chi connectivity index (χ4n) is 2.80. The molecule has 0 saturated heterocycles. The van der Waals surface area contributed by atoms with Gasteiger partial charge in [-0.1, -0.05) is 37.8 Å². The molecule has 0 radical (unpaired) electrons. The van der Waals surface area contributed by atoms with Crippen LogP contribution >= 0.6 is 0 Å². The van der Waals surface area contributed by atoms with Crippen LogP contribution in [-0.2, 0) is 11.3 Å². The number of carbonyl (C=O) groups excluding carboxylic acids is 2. The van der Waals surface area contributed by atoms with Crippen LogP contribution in [0.4, 0.5) is 10.5 Å². The molecule has 1 saturated carbocycles. The average Bonchev–Trinajstić information content (AvgIpc) is 2.73. The number of benzene rings is 1. The summed E-state index contributed by atoms with van der Waals surface area (Å²) < 4.78 is 0. The van der Waals surface area contributed by atoms with Gasteiger partial charge in [-0.25, -0.2) is 4.79 Å². The summed E-state index contributed by atoms with van der Waals surface area (Å²) in [5.41, 5.74) is 1.71. The minimum Gasteiger partial charge on any atom is -0.335 e. The maximum absolute atomic E-state index is 12.0. The summed E-state index contributed by atoms with van der Waals surface area (Å²) in [7, 11) is 0.